The van der Waals surface area contributed by atoms with Crippen molar-refractivity contribution in [3.63, 3.8) is 0 Å². The van der Waals surface area contributed by atoms with E-state index in [0.717, 1.165) is 50.8 Å². The summed E-state index contributed by atoms with van der Waals surface area (Å²) in [6.07, 6.45) is 6.89. The first-order chi connectivity index (χ1) is 14.2. The lowest BCUT2D eigenvalue weighted by Crippen LogP contribution is -3.14. The molecule has 3 N–H and O–H groups in total. The Morgan fingerprint density at radius 1 is 1.00 bits per heavy atom. The molecule has 0 aliphatic carbocycles. The highest BCUT2D eigenvalue weighted by molar-refractivity contribution is 5.43. The van der Waals surface area contributed by atoms with E-state index in [1.54, 1.807) is 12.0 Å². The molecule has 0 aromatic heterocycles. The van der Waals surface area contributed by atoms with E-state index in [1.807, 2.05) is 6.07 Å². The van der Waals surface area contributed by atoms with E-state index in [1.165, 1.54) is 62.2 Å². The number of rotatable bonds is 12. The Kier molecular flexibility index (Phi) is 9.54. The molecule has 0 amide bonds. The van der Waals surface area contributed by atoms with E-state index < -0.39 is 6.10 Å². The Bertz CT molecular complexity index is 586. The van der Waals surface area contributed by atoms with Gasteiger partial charge in [0.15, 0.2) is 11.5 Å². The van der Waals surface area contributed by atoms with Crippen molar-refractivity contribution in [2.45, 2.75) is 44.6 Å². The average molecular weight is 409 g/mol. The first-order valence-electron chi connectivity index (χ1n) is 11.5. The number of methoxy groups -OCH3 is 1. The third kappa shape index (κ3) is 7.78. The minimum atomic E-state index is -0.431. The van der Waals surface area contributed by atoms with Gasteiger partial charge in [0.2, 0.25) is 0 Å². The van der Waals surface area contributed by atoms with E-state index in [2.05, 4.69) is 12.1 Å². The molecule has 6 heteroatoms. The van der Waals surface area contributed by atoms with Crippen molar-refractivity contribution in [2.24, 2.45) is 0 Å². The molecule has 164 valence electrons. The van der Waals surface area contributed by atoms with Gasteiger partial charge >= 0.3 is 0 Å². The lowest BCUT2D eigenvalue weighted by Gasteiger charge is -2.23. The van der Waals surface area contributed by atoms with E-state index in [-0.39, 0.29) is 0 Å². The first-order valence-corrected chi connectivity index (χ1v) is 11.5. The van der Waals surface area contributed by atoms with Crippen molar-refractivity contribution < 1.29 is 29.1 Å². The van der Waals surface area contributed by atoms with Crippen LogP contribution in [0.1, 0.15) is 37.7 Å². The molecule has 3 rings (SSSR count). The van der Waals surface area contributed by atoms with Crippen LogP contribution >= 0.6 is 0 Å². The SMILES string of the molecule is COc1ccc(CCCCC[NH+]2CCOCC2)cc1OC[C@H](O)C[NH+]1CCCC1. The number of benzene rings is 1. The van der Waals surface area contributed by atoms with Gasteiger partial charge in [0.25, 0.3) is 0 Å². The van der Waals surface area contributed by atoms with Gasteiger partial charge in [-0.2, -0.15) is 0 Å². The largest absolute Gasteiger partial charge is 0.493 e. The number of morpholine rings is 1. The second kappa shape index (κ2) is 12.4. The van der Waals surface area contributed by atoms with Gasteiger partial charge in [-0.25, -0.2) is 0 Å². The molecule has 2 saturated heterocycles. The monoisotopic (exact) mass is 408 g/mol. The fourth-order valence-electron chi connectivity index (χ4n) is 4.44. The van der Waals surface area contributed by atoms with Gasteiger partial charge in [-0.1, -0.05) is 6.07 Å². The number of likely N-dealkylation sites (tertiary alicyclic amines) is 1. The molecule has 0 bridgehead atoms. The Morgan fingerprint density at radius 2 is 1.79 bits per heavy atom. The Morgan fingerprint density at radius 3 is 2.55 bits per heavy atom. The summed E-state index contributed by atoms with van der Waals surface area (Å²) in [4.78, 5) is 3.17. The average Bonchev–Trinajstić information content (AvgIpc) is 3.26. The maximum atomic E-state index is 10.3. The molecular weight excluding hydrogens is 368 g/mol. The summed E-state index contributed by atoms with van der Waals surface area (Å²) in [5, 5.41) is 10.3. The van der Waals surface area contributed by atoms with Crippen LogP contribution in [0.3, 0.4) is 0 Å². The zero-order valence-corrected chi connectivity index (χ0v) is 18.1. The molecule has 0 saturated carbocycles. The number of quaternary nitrogens is 2. The molecule has 2 fully saturated rings. The normalized spacial score (nSPS) is 19.4. The number of hydrogen-bond donors (Lipinski definition) is 3. The number of hydrogen-bond acceptors (Lipinski definition) is 4. The van der Waals surface area contributed by atoms with Gasteiger partial charge in [-0.05, 0) is 43.4 Å². The van der Waals surface area contributed by atoms with Crippen molar-refractivity contribution in [1.29, 1.82) is 0 Å². The highest BCUT2D eigenvalue weighted by Crippen LogP contribution is 2.28. The topological polar surface area (TPSA) is 56.8 Å². The van der Waals surface area contributed by atoms with Gasteiger partial charge in [-0.3, -0.25) is 0 Å². The number of aliphatic hydroxyl groups is 1. The number of aryl methyl sites for hydroxylation is 1. The number of unbranched alkanes of at least 4 members (excludes halogenated alkanes) is 2. The highest BCUT2D eigenvalue weighted by Gasteiger charge is 2.20. The molecule has 0 spiro atoms. The molecule has 0 unspecified atom stereocenters. The van der Waals surface area contributed by atoms with Crippen LogP contribution in [0.15, 0.2) is 18.2 Å². The molecule has 2 aliphatic rings. The summed E-state index contributed by atoms with van der Waals surface area (Å²) in [6, 6.07) is 6.20. The second-order valence-corrected chi connectivity index (χ2v) is 8.53. The standard InChI is InChI=1S/C23H38N2O4/c1-27-22-9-8-20(7-3-2-4-10-24-13-15-28-16-14-24)17-23(22)29-19-21(26)18-25-11-5-6-12-25/h8-9,17,21,26H,2-7,10-16,18-19H2,1H3/p+2/t21-/m1/s1. The number of ether oxygens (including phenoxy) is 3. The van der Waals surface area contributed by atoms with Crippen LogP contribution in [-0.2, 0) is 11.2 Å². The van der Waals surface area contributed by atoms with Crippen molar-refractivity contribution >= 4 is 0 Å². The summed E-state index contributed by atoms with van der Waals surface area (Å²) in [6.45, 7) is 8.84. The zero-order chi connectivity index (χ0) is 20.3. The van der Waals surface area contributed by atoms with Crippen LogP contribution in [-0.4, -0.2) is 77.4 Å². The molecule has 6 nitrogen and oxygen atoms in total. The molecule has 1 aromatic carbocycles. The molecule has 1 aromatic rings. The first kappa shape index (κ1) is 22.3. The molecule has 29 heavy (non-hydrogen) atoms. The van der Waals surface area contributed by atoms with E-state index in [4.69, 9.17) is 14.2 Å². The van der Waals surface area contributed by atoms with Crippen LogP contribution in [0, 0.1) is 0 Å². The van der Waals surface area contributed by atoms with Gasteiger partial charge in [0.05, 0.1) is 40.0 Å². The van der Waals surface area contributed by atoms with Crippen LogP contribution in [0.5, 0.6) is 11.5 Å². The lowest BCUT2D eigenvalue weighted by atomic mass is 10.1. The minimum Gasteiger partial charge on any atom is -0.493 e. The number of nitrogens with one attached hydrogen (secondary N) is 2. The summed E-state index contributed by atoms with van der Waals surface area (Å²) in [5.41, 5.74) is 1.28. The highest BCUT2D eigenvalue weighted by atomic mass is 16.5. The van der Waals surface area contributed by atoms with Crippen molar-refractivity contribution in [1.82, 2.24) is 0 Å². The van der Waals surface area contributed by atoms with Crippen LogP contribution < -0.4 is 19.3 Å². The van der Waals surface area contributed by atoms with E-state index in [0.29, 0.717) is 6.61 Å². The second-order valence-electron chi connectivity index (χ2n) is 8.53. The summed E-state index contributed by atoms with van der Waals surface area (Å²) < 4.78 is 16.8. The smallest absolute Gasteiger partial charge is 0.161 e. The maximum absolute atomic E-state index is 10.3. The van der Waals surface area contributed by atoms with E-state index in [9.17, 15) is 5.11 Å². The van der Waals surface area contributed by atoms with Crippen LogP contribution in [0.2, 0.25) is 0 Å². The molecule has 2 aliphatic heterocycles. The third-order valence-corrected chi connectivity index (χ3v) is 6.19. The Labute approximate surface area is 175 Å². The van der Waals surface area contributed by atoms with Gasteiger partial charge in [-0.15, -0.1) is 0 Å². The van der Waals surface area contributed by atoms with Gasteiger partial charge < -0.3 is 29.1 Å². The predicted octanol–water partition coefficient (Wildman–Crippen LogP) is -0.258. The molecular formula is C23H40N2O4+2. The fourth-order valence-corrected chi connectivity index (χ4v) is 4.44. The fraction of sp³-hybridized carbons (Fsp3) is 0.739. The minimum absolute atomic E-state index is 0.325. The van der Waals surface area contributed by atoms with Gasteiger partial charge in [0.1, 0.15) is 32.3 Å². The Hall–Kier alpha value is -1.34. The van der Waals surface area contributed by atoms with Gasteiger partial charge in [0, 0.05) is 12.8 Å². The van der Waals surface area contributed by atoms with Crippen molar-refractivity contribution in [3.8, 4) is 11.5 Å². The van der Waals surface area contributed by atoms with E-state index >= 15 is 0 Å². The van der Waals surface area contributed by atoms with Crippen molar-refractivity contribution in [3.05, 3.63) is 23.8 Å². The molecule has 2 heterocycles. The zero-order valence-electron chi connectivity index (χ0n) is 18.1. The summed E-state index contributed by atoms with van der Waals surface area (Å²) in [5.74, 6) is 1.49. The molecule has 0 radical (unpaired) electrons. The maximum Gasteiger partial charge on any atom is 0.161 e. The van der Waals surface area contributed by atoms with Crippen LogP contribution in [0.25, 0.3) is 0 Å². The third-order valence-electron chi connectivity index (χ3n) is 6.19. The summed E-state index contributed by atoms with van der Waals surface area (Å²) in [7, 11) is 1.67. The predicted molar refractivity (Wildman–Crippen MR) is 113 cm³/mol. The van der Waals surface area contributed by atoms with Crippen molar-refractivity contribution in [2.75, 3.05) is 66.2 Å². The number of aliphatic hydroxyl groups excluding tert-OH is 1. The summed E-state index contributed by atoms with van der Waals surface area (Å²) >= 11 is 0. The quantitative estimate of drug-likeness (QED) is 0.417. The molecule has 1 atom stereocenters. The van der Waals surface area contributed by atoms with Crippen LogP contribution in [0.4, 0.5) is 0 Å². The Balaban J connectivity index is 1.38. The lowest BCUT2D eigenvalue weighted by molar-refractivity contribution is -0.908.